The van der Waals surface area contributed by atoms with Gasteiger partial charge in [0.25, 0.3) is 5.91 Å². The Balaban J connectivity index is 1.64. The van der Waals surface area contributed by atoms with Crippen LogP contribution < -0.4 is 10.6 Å². The van der Waals surface area contributed by atoms with Crippen molar-refractivity contribution in [3.05, 3.63) is 83.9 Å². The van der Waals surface area contributed by atoms with Crippen molar-refractivity contribution in [3.63, 3.8) is 0 Å². The number of anilines is 2. The number of nitrogens with one attached hydrogen (secondary N) is 2. The molecule has 2 aromatic heterocycles. The molecule has 2 heterocycles. The maximum absolute atomic E-state index is 12.4. The fraction of sp³-hybridized carbons (Fsp3) is 0.150. The first kappa shape index (κ1) is 16.6. The Kier molecular flexibility index (Phi) is 5.36. The average molecular weight is 332 g/mol. The van der Waals surface area contributed by atoms with Crippen LogP contribution in [0.3, 0.4) is 0 Å². The van der Waals surface area contributed by atoms with E-state index in [9.17, 15) is 4.79 Å². The fourth-order valence-electron chi connectivity index (χ4n) is 2.39. The number of amides is 1. The Morgan fingerprint density at radius 1 is 1.00 bits per heavy atom. The summed E-state index contributed by atoms with van der Waals surface area (Å²) in [6.45, 7) is 2.74. The minimum absolute atomic E-state index is 0.228. The molecule has 0 aliphatic carbocycles. The minimum Gasteiger partial charge on any atom is -0.381 e. The van der Waals surface area contributed by atoms with Gasteiger partial charge in [0.1, 0.15) is 5.69 Å². The van der Waals surface area contributed by atoms with Crippen LogP contribution in [0.2, 0.25) is 0 Å². The lowest BCUT2D eigenvalue weighted by atomic mass is 10.1. The lowest BCUT2D eigenvalue weighted by molar-refractivity contribution is 0.102. The van der Waals surface area contributed by atoms with Gasteiger partial charge in [0.15, 0.2) is 0 Å². The van der Waals surface area contributed by atoms with Gasteiger partial charge < -0.3 is 10.6 Å². The SMILES string of the molecule is CCc1ccc(NC(=O)c2cc(NCc3cccnc3)ccn2)cc1. The second kappa shape index (κ2) is 8.06. The van der Waals surface area contributed by atoms with Crippen molar-refractivity contribution in [3.8, 4) is 0 Å². The van der Waals surface area contributed by atoms with E-state index in [1.807, 2.05) is 48.7 Å². The van der Waals surface area contributed by atoms with Gasteiger partial charge in [0.05, 0.1) is 0 Å². The maximum Gasteiger partial charge on any atom is 0.274 e. The van der Waals surface area contributed by atoms with E-state index in [0.29, 0.717) is 12.2 Å². The molecule has 5 heteroatoms. The number of carbonyl (C=O) groups excluding carboxylic acids is 1. The van der Waals surface area contributed by atoms with Crippen molar-refractivity contribution >= 4 is 17.3 Å². The Morgan fingerprint density at radius 2 is 1.84 bits per heavy atom. The molecule has 0 saturated heterocycles. The Morgan fingerprint density at radius 3 is 2.56 bits per heavy atom. The third-order valence-electron chi connectivity index (χ3n) is 3.83. The predicted molar refractivity (Wildman–Crippen MR) is 99.6 cm³/mol. The lowest BCUT2D eigenvalue weighted by Gasteiger charge is -2.09. The Labute approximate surface area is 147 Å². The molecule has 5 nitrogen and oxygen atoms in total. The second-order valence-electron chi connectivity index (χ2n) is 5.65. The number of aryl methyl sites for hydroxylation is 1. The molecule has 0 bridgehead atoms. The van der Waals surface area contributed by atoms with Crippen LogP contribution in [-0.2, 0) is 13.0 Å². The zero-order chi connectivity index (χ0) is 17.5. The summed E-state index contributed by atoms with van der Waals surface area (Å²) < 4.78 is 0. The highest BCUT2D eigenvalue weighted by molar-refractivity contribution is 6.03. The van der Waals surface area contributed by atoms with Crippen LogP contribution in [-0.4, -0.2) is 15.9 Å². The number of carbonyl (C=O) groups is 1. The maximum atomic E-state index is 12.4. The first-order chi connectivity index (χ1) is 12.2. The molecule has 0 atom stereocenters. The van der Waals surface area contributed by atoms with Crippen molar-refractivity contribution in [1.29, 1.82) is 0 Å². The standard InChI is InChI=1S/C20H20N4O/c1-2-15-5-7-17(8-6-15)24-20(25)19-12-18(9-11-22-19)23-14-16-4-3-10-21-13-16/h3-13H,2,14H2,1H3,(H,22,23)(H,24,25). The molecule has 0 spiro atoms. The highest BCUT2D eigenvalue weighted by Crippen LogP contribution is 2.14. The molecule has 126 valence electrons. The van der Waals surface area contributed by atoms with Crippen LogP contribution in [0.5, 0.6) is 0 Å². The number of benzene rings is 1. The van der Waals surface area contributed by atoms with Crippen molar-refractivity contribution in [1.82, 2.24) is 9.97 Å². The van der Waals surface area contributed by atoms with Crippen LogP contribution in [0.25, 0.3) is 0 Å². The van der Waals surface area contributed by atoms with Crippen molar-refractivity contribution in [2.24, 2.45) is 0 Å². The number of rotatable bonds is 6. The topological polar surface area (TPSA) is 66.9 Å². The summed E-state index contributed by atoms with van der Waals surface area (Å²) in [6, 6.07) is 15.3. The van der Waals surface area contributed by atoms with Gasteiger partial charge in [-0.1, -0.05) is 25.1 Å². The van der Waals surface area contributed by atoms with Crippen LogP contribution in [0.15, 0.2) is 67.1 Å². The smallest absolute Gasteiger partial charge is 0.274 e. The molecule has 2 N–H and O–H groups in total. The molecule has 0 fully saturated rings. The van der Waals surface area contributed by atoms with Crippen molar-refractivity contribution < 1.29 is 4.79 Å². The molecule has 0 aliphatic heterocycles. The van der Waals surface area contributed by atoms with Crippen molar-refractivity contribution in [2.45, 2.75) is 19.9 Å². The van der Waals surface area contributed by atoms with Gasteiger partial charge in [-0.05, 0) is 47.9 Å². The summed E-state index contributed by atoms with van der Waals surface area (Å²) in [5.41, 5.74) is 4.28. The lowest BCUT2D eigenvalue weighted by Crippen LogP contribution is -2.14. The Bertz CT molecular complexity index is 832. The first-order valence-corrected chi connectivity index (χ1v) is 8.23. The molecule has 0 saturated carbocycles. The second-order valence-corrected chi connectivity index (χ2v) is 5.65. The van der Waals surface area contributed by atoms with Gasteiger partial charge >= 0.3 is 0 Å². The highest BCUT2D eigenvalue weighted by atomic mass is 16.1. The summed E-state index contributed by atoms with van der Waals surface area (Å²) in [5, 5.41) is 6.15. The van der Waals surface area contributed by atoms with E-state index in [4.69, 9.17) is 0 Å². The third-order valence-corrected chi connectivity index (χ3v) is 3.83. The third kappa shape index (κ3) is 4.64. The summed E-state index contributed by atoms with van der Waals surface area (Å²) in [7, 11) is 0. The zero-order valence-electron chi connectivity index (χ0n) is 14.1. The monoisotopic (exact) mass is 332 g/mol. The number of hydrogen-bond donors (Lipinski definition) is 2. The molecule has 1 amide bonds. The van der Waals surface area contributed by atoms with E-state index >= 15 is 0 Å². The molecule has 0 radical (unpaired) electrons. The summed E-state index contributed by atoms with van der Waals surface area (Å²) in [4.78, 5) is 20.6. The van der Waals surface area contributed by atoms with E-state index in [-0.39, 0.29) is 5.91 Å². The van der Waals surface area contributed by atoms with Crippen LogP contribution in [0, 0.1) is 0 Å². The minimum atomic E-state index is -0.228. The predicted octanol–water partition coefficient (Wildman–Crippen LogP) is 3.90. The largest absolute Gasteiger partial charge is 0.381 e. The number of aromatic nitrogens is 2. The van der Waals surface area contributed by atoms with Crippen LogP contribution >= 0.6 is 0 Å². The average Bonchev–Trinajstić information content (AvgIpc) is 2.68. The molecule has 0 unspecified atom stereocenters. The number of hydrogen-bond acceptors (Lipinski definition) is 4. The molecule has 3 aromatic rings. The number of nitrogens with zero attached hydrogens (tertiary/aromatic N) is 2. The summed E-state index contributed by atoms with van der Waals surface area (Å²) in [6.07, 6.45) is 6.15. The van der Waals surface area contributed by atoms with E-state index < -0.39 is 0 Å². The molecule has 3 rings (SSSR count). The van der Waals surface area contributed by atoms with Gasteiger partial charge in [0, 0.05) is 36.5 Å². The molecule has 0 aliphatic rings. The van der Waals surface area contributed by atoms with Gasteiger partial charge in [-0.25, -0.2) is 0 Å². The number of pyridine rings is 2. The summed E-state index contributed by atoms with van der Waals surface area (Å²) in [5.74, 6) is -0.228. The quantitative estimate of drug-likeness (QED) is 0.718. The summed E-state index contributed by atoms with van der Waals surface area (Å²) >= 11 is 0. The Hall–Kier alpha value is -3.21. The van der Waals surface area contributed by atoms with E-state index in [2.05, 4.69) is 27.5 Å². The van der Waals surface area contributed by atoms with Gasteiger partial charge in [-0.2, -0.15) is 0 Å². The van der Waals surface area contributed by atoms with E-state index in [1.54, 1.807) is 18.5 Å². The molecular formula is C20H20N4O. The van der Waals surface area contributed by atoms with Crippen LogP contribution in [0.4, 0.5) is 11.4 Å². The fourth-order valence-corrected chi connectivity index (χ4v) is 2.39. The first-order valence-electron chi connectivity index (χ1n) is 8.23. The molecule has 1 aromatic carbocycles. The zero-order valence-corrected chi connectivity index (χ0v) is 14.1. The normalized spacial score (nSPS) is 10.3. The van der Waals surface area contributed by atoms with Gasteiger partial charge in [-0.3, -0.25) is 14.8 Å². The van der Waals surface area contributed by atoms with E-state index in [1.165, 1.54) is 5.56 Å². The molecule has 25 heavy (non-hydrogen) atoms. The van der Waals surface area contributed by atoms with E-state index in [0.717, 1.165) is 23.4 Å². The van der Waals surface area contributed by atoms with Gasteiger partial charge in [0.2, 0.25) is 0 Å². The highest BCUT2D eigenvalue weighted by Gasteiger charge is 2.08. The van der Waals surface area contributed by atoms with Crippen molar-refractivity contribution in [2.75, 3.05) is 10.6 Å². The molecular weight excluding hydrogens is 312 g/mol. The van der Waals surface area contributed by atoms with Crippen LogP contribution in [0.1, 0.15) is 28.5 Å². The van der Waals surface area contributed by atoms with Gasteiger partial charge in [-0.15, -0.1) is 0 Å².